The van der Waals surface area contributed by atoms with E-state index in [-0.39, 0.29) is 16.4 Å². The van der Waals surface area contributed by atoms with Crippen LogP contribution in [0.25, 0.3) is 0 Å². The van der Waals surface area contributed by atoms with Gasteiger partial charge in [0, 0.05) is 10.6 Å². The van der Waals surface area contributed by atoms with Gasteiger partial charge >= 0.3 is 0 Å². The minimum atomic E-state index is -0.392. The molecule has 0 aromatic heterocycles. The van der Waals surface area contributed by atoms with Crippen LogP contribution in [0.1, 0.15) is 35.3 Å². The van der Waals surface area contributed by atoms with E-state index in [1.165, 1.54) is 18.2 Å². The second-order valence-corrected chi connectivity index (χ2v) is 5.91. The highest BCUT2D eigenvalue weighted by Crippen LogP contribution is 2.21. The van der Waals surface area contributed by atoms with Crippen LogP contribution in [-0.4, -0.2) is 5.91 Å². The van der Waals surface area contributed by atoms with Crippen molar-refractivity contribution in [2.45, 2.75) is 19.4 Å². The van der Waals surface area contributed by atoms with Crippen LogP contribution in [0, 0.1) is 5.82 Å². The number of hydrogen-bond donors (Lipinski definition) is 1. The summed E-state index contributed by atoms with van der Waals surface area (Å²) >= 11 is 8.95. The molecular weight excluding hydrogens is 357 g/mol. The number of carbonyl (C=O) groups excluding carboxylic acids is 1. The summed E-state index contributed by atoms with van der Waals surface area (Å²) in [5.74, 6) is -0.631. The predicted molar refractivity (Wildman–Crippen MR) is 86.1 cm³/mol. The van der Waals surface area contributed by atoms with E-state index < -0.39 is 5.82 Å². The van der Waals surface area contributed by atoms with Crippen LogP contribution in [0.15, 0.2) is 46.9 Å². The lowest BCUT2D eigenvalue weighted by Crippen LogP contribution is -2.28. The summed E-state index contributed by atoms with van der Waals surface area (Å²) in [6, 6.07) is 11.4. The molecule has 2 rings (SSSR count). The number of benzene rings is 2. The van der Waals surface area contributed by atoms with Crippen LogP contribution in [0.5, 0.6) is 0 Å². The van der Waals surface area contributed by atoms with E-state index in [1.807, 2.05) is 19.1 Å². The van der Waals surface area contributed by atoms with E-state index in [0.29, 0.717) is 10.6 Å². The molecule has 2 nitrogen and oxygen atoms in total. The molecule has 2 aromatic rings. The van der Waals surface area contributed by atoms with Crippen molar-refractivity contribution in [3.63, 3.8) is 0 Å². The third-order valence-electron chi connectivity index (χ3n) is 3.17. The first kappa shape index (κ1) is 16.0. The highest BCUT2D eigenvalue weighted by Gasteiger charge is 2.15. The maximum Gasteiger partial charge on any atom is 0.251 e. The van der Waals surface area contributed by atoms with Gasteiger partial charge in [-0.3, -0.25) is 4.79 Å². The maximum atomic E-state index is 13.2. The van der Waals surface area contributed by atoms with Crippen molar-refractivity contribution < 1.29 is 9.18 Å². The van der Waals surface area contributed by atoms with Crippen LogP contribution in [-0.2, 0) is 0 Å². The fraction of sp³-hybridized carbons (Fsp3) is 0.188. The normalized spacial score (nSPS) is 12.0. The van der Waals surface area contributed by atoms with Gasteiger partial charge in [-0.1, -0.05) is 30.7 Å². The Morgan fingerprint density at radius 3 is 2.52 bits per heavy atom. The van der Waals surface area contributed by atoms with Crippen LogP contribution in [0.3, 0.4) is 0 Å². The molecule has 1 amide bonds. The second kappa shape index (κ2) is 7.05. The van der Waals surface area contributed by atoms with Gasteiger partial charge in [-0.05, 0) is 58.2 Å². The summed E-state index contributed by atoms with van der Waals surface area (Å²) in [7, 11) is 0. The van der Waals surface area contributed by atoms with Gasteiger partial charge in [-0.2, -0.15) is 0 Å². The summed E-state index contributed by atoms with van der Waals surface area (Å²) in [4.78, 5) is 12.2. The molecule has 0 radical (unpaired) electrons. The first-order valence-corrected chi connectivity index (χ1v) is 7.69. The van der Waals surface area contributed by atoms with Gasteiger partial charge in [0.1, 0.15) is 5.82 Å². The number of halogens is 3. The van der Waals surface area contributed by atoms with Crippen molar-refractivity contribution >= 4 is 33.4 Å². The summed E-state index contributed by atoms with van der Waals surface area (Å²) in [6.07, 6.45) is 0.746. The average Bonchev–Trinajstić information content (AvgIpc) is 2.48. The van der Waals surface area contributed by atoms with E-state index >= 15 is 0 Å². The molecule has 0 heterocycles. The molecule has 0 saturated heterocycles. The average molecular weight is 371 g/mol. The third-order valence-corrected chi connectivity index (χ3v) is 4.03. The molecule has 0 fully saturated rings. The molecule has 21 heavy (non-hydrogen) atoms. The smallest absolute Gasteiger partial charge is 0.251 e. The third kappa shape index (κ3) is 4.05. The van der Waals surface area contributed by atoms with Gasteiger partial charge in [0.2, 0.25) is 0 Å². The molecule has 1 unspecified atom stereocenters. The first-order chi connectivity index (χ1) is 10.0. The van der Waals surface area contributed by atoms with Gasteiger partial charge in [0.05, 0.1) is 10.5 Å². The molecule has 1 atom stereocenters. The highest BCUT2D eigenvalue weighted by atomic mass is 79.9. The van der Waals surface area contributed by atoms with Crippen molar-refractivity contribution in [2.75, 3.05) is 0 Å². The van der Waals surface area contributed by atoms with Crippen LogP contribution in [0.2, 0.25) is 5.02 Å². The minimum Gasteiger partial charge on any atom is -0.345 e. The first-order valence-electron chi connectivity index (χ1n) is 6.52. The van der Waals surface area contributed by atoms with E-state index in [1.54, 1.807) is 12.1 Å². The van der Waals surface area contributed by atoms with Crippen LogP contribution < -0.4 is 5.32 Å². The Morgan fingerprint density at radius 2 is 1.95 bits per heavy atom. The lowest BCUT2D eigenvalue weighted by atomic mass is 10.0. The highest BCUT2D eigenvalue weighted by molar-refractivity contribution is 9.10. The van der Waals surface area contributed by atoms with Crippen molar-refractivity contribution in [1.82, 2.24) is 5.32 Å². The lowest BCUT2D eigenvalue weighted by Gasteiger charge is -2.17. The lowest BCUT2D eigenvalue weighted by molar-refractivity contribution is 0.0935. The fourth-order valence-electron chi connectivity index (χ4n) is 2.00. The molecule has 5 heteroatoms. The van der Waals surface area contributed by atoms with E-state index in [4.69, 9.17) is 11.6 Å². The van der Waals surface area contributed by atoms with E-state index in [0.717, 1.165) is 12.0 Å². The zero-order valence-corrected chi connectivity index (χ0v) is 13.7. The number of nitrogens with one attached hydrogen (secondary N) is 1. The molecular formula is C16H14BrClFNO. The summed E-state index contributed by atoms with van der Waals surface area (Å²) in [6.45, 7) is 1.99. The Morgan fingerprint density at radius 1 is 1.29 bits per heavy atom. The quantitative estimate of drug-likeness (QED) is 0.795. The van der Waals surface area contributed by atoms with E-state index in [9.17, 15) is 9.18 Å². The monoisotopic (exact) mass is 369 g/mol. The molecule has 2 aromatic carbocycles. The molecule has 0 aliphatic heterocycles. The maximum absolute atomic E-state index is 13.2. The fourth-order valence-corrected chi connectivity index (χ4v) is 2.50. The van der Waals surface area contributed by atoms with Crippen molar-refractivity contribution in [1.29, 1.82) is 0 Å². The zero-order valence-electron chi connectivity index (χ0n) is 11.4. The Balaban J connectivity index is 2.15. The van der Waals surface area contributed by atoms with Crippen molar-refractivity contribution in [3.05, 3.63) is 68.9 Å². The SMILES string of the molecule is CCC(NC(=O)c1ccc(F)c(Br)c1)c1ccc(Cl)cc1. The predicted octanol–water partition coefficient (Wildman–Crippen LogP) is 5.12. The van der Waals surface area contributed by atoms with E-state index in [2.05, 4.69) is 21.2 Å². The molecule has 0 spiro atoms. The minimum absolute atomic E-state index is 0.112. The molecule has 1 N–H and O–H groups in total. The number of amides is 1. The summed E-state index contributed by atoms with van der Waals surface area (Å²) in [5.41, 5.74) is 1.40. The Kier molecular flexibility index (Phi) is 5.37. The van der Waals surface area contributed by atoms with Gasteiger partial charge in [-0.25, -0.2) is 4.39 Å². The van der Waals surface area contributed by atoms with Gasteiger partial charge < -0.3 is 5.32 Å². The molecule has 110 valence electrons. The van der Waals surface area contributed by atoms with Gasteiger partial charge in [0.25, 0.3) is 5.91 Å². The van der Waals surface area contributed by atoms with Gasteiger partial charge in [0.15, 0.2) is 0 Å². The molecule has 0 aliphatic carbocycles. The molecule has 0 bridgehead atoms. The van der Waals surface area contributed by atoms with Crippen LogP contribution >= 0.6 is 27.5 Å². The summed E-state index contributed by atoms with van der Waals surface area (Å²) in [5, 5.41) is 3.60. The van der Waals surface area contributed by atoms with Gasteiger partial charge in [-0.15, -0.1) is 0 Å². The largest absolute Gasteiger partial charge is 0.345 e. The van der Waals surface area contributed by atoms with Crippen LogP contribution in [0.4, 0.5) is 4.39 Å². The molecule has 0 saturated carbocycles. The van der Waals surface area contributed by atoms with Crippen molar-refractivity contribution in [2.24, 2.45) is 0 Å². The zero-order chi connectivity index (χ0) is 15.4. The second-order valence-electron chi connectivity index (χ2n) is 4.61. The Hall–Kier alpha value is -1.39. The molecule has 0 aliphatic rings. The Bertz CT molecular complexity index is 645. The van der Waals surface area contributed by atoms with Crippen molar-refractivity contribution in [3.8, 4) is 0 Å². The Labute approximate surface area is 136 Å². The number of rotatable bonds is 4. The topological polar surface area (TPSA) is 29.1 Å². The summed E-state index contributed by atoms with van der Waals surface area (Å²) < 4.78 is 13.5. The standard InChI is InChI=1S/C16H14BrClFNO/c1-2-15(10-3-6-12(18)7-4-10)20-16(21)11-5-8-14(19)13(17)9-11/h3-9,15H,2H2,1H3,(H,20,21). The number of hydrogen-bond acceptors (Lipinski definition) is 1. The number of carbonyl (C=O) groups is 1.